The lowest BCUT2D eigenvalue weighted by Gasteiger charge is -2.31. The fourth-order valence-electron chi connectivity index (χ4n) is 2.51. The summed E-state index contributed by atoms with van der Waals surface area (Å²) in [5, 5.41) is 6.41. The molecule has 0 bridgehead atoms. The first-order valence-corrected chi connectivity index (χ1v) is 9.99. The van der Waals surface area contributed by atoms with Crippen molar-refractivity contribution in [3.05, 3.63) is 51.8 Å². The zero-order valence-electron chi connectivity index (χ0n) is 12.2. The maximum atomic E-state index is 4.61. The first kappa shape index (κ1) is 17.2. The number of hydrogen-bond acceptors (Lipinski definition) is 1. The SMILES string of the molecule is CCc1nn(C)c(CC(CBr)(CBr)c2ccccc2)c1Br. The van der Waals surface area contributed by atoms with E-state index in [0.717, 1.165) is 33.7 Å². The number of aryl methyl sites for hydroxylation is 2. The highest BCUT2D eigenvalue weighted by Gasteiger charge is 2.32. The summed E-state index contributed by atoms with van der Waals surface area (Å²) in [5.74, 6) is 0. The molecule has 0 aliphatic heterocycles. The fourth-order valence-corrected chi connectivity index (χ4v) is 5.24. The monoisotopic (exact) mass is 476 g/mol. The third kappa shape index (κ3) is 3.45. The summed E-state index contributed by atoms with van der Waals surface area (Å²) < 4.78 is 3.15. The Hall–Kier alpha value is -0.130. The lowest BCUT2D eigenvalue weighted by molar-refractivity contribution is 0.522. The van der Waals surface area contributed by atoms with Crippen molar-refractivity contribution in [3.8, 4) is 0 Å². The summed E-state index contributed by atoms with van der Waals surface area (Å²) in [6, 6.07) is 10.7. The van der Waals surface area contributed by atoms with Crippen LogP contribution in [0.3, 0.4) is 0 Å². The standard InChI is InChI=1S/C16H19Br3N2/c1-3-13-15(19)14(21(2)20-13)9-16(10-17,11-18)12-7-5-4-6-8-12/h4-8H,3,9-11H2,1-2H3. The molecule has 2 rings (SSSR count). The third-order valence-corrected chi connectivity index (χ3v) is 6.97. The zero-order chi connectivity index (χ0) is 15.5. The Balaban J connectivity index is 2.44. The van der Waals surface area contributed by atoms with Gasteiger partial charge in [0.05, 0.1) is 15.9 Å². The Morgan fingerprint density at radius 3 is 2.24 bits per heavy atom. The topological polar surface area (TPSA) is 17.8 Å². The van der Waals surface area contributed by atoms with Gasteiger partial charge in [-0.05, 0) is 27.9 Å². The van der Waals surface area contributed by atoms with Crippen LogP contribution in [0.15, 0.2) is 34.8 Å². The molecule has 0 aliphatic carbocycles. The van der Waals surface area contributed by atoms with Crippen LogP contribution in [-0.2, 0) is 25.3 Å². The number of hydrogen-bond donors (Lipinski definition) is 0. The molecule has 2 aromatic rings. The van der Waals surface area contributed by atoms with Gasteiger partial charge in [-0.1, -0.05) is 69.1 Å². The van der Waals surface area contributed by atoms with Gasteiger partial charge in [0.25, 0.3) is 0 Å². The Bertz CT molecular complexity index is 589. The second-order valence-corrected chi connectivity index (χ2v) is 7.19. The van der Waals surface area contributed by atoms with E-state index in [-0.39, 0.29) is 5.41 Å². The van der Waals surface area contributed by atoms with Crippen molar-refractivity contribution in [1.82, 2.24) is 9.78 Å². The van der Waals surface area contributed by atoms with Crippen molar-refractivity contribution in [2.45, 2.75) is 25.2 Å². The highest BCUT2D eigenvalue weighted by atomic mass is 79.9. The second kappa shape index (κ2) is 7.42. The summed E-state index contributed by atoms with van der Waals surface area (Å²) in [6.45, 7) is 2.14. The predicted octanol–water partition coefficient (Wildman–Crippen LogP) is 5.02. The van der Waals surface area contributed by atoms with Crippen molar-refractivity contribution in [2.24, 2.45) is 7.05 Å². The summed E-state index contributed by atoms with van der Waals surface area (Å²) in [6.07, 6.45) is 1.87. The normalized spacial score (nSPS) is 11.9. The van der Waals surface area contributed by atoms with Gasteiger partial charge in [0, 0.05) is 29.5 Å². The summed E-state index contributed by atoms with van der Waals surface area (Å²) in [4.78, 5) is 0. The minimum absolute atomic E-state index is 0.0165. The van der Waals surface area contributed by atoms with Crippen LogP contribution in [0, 0.1) is 0 Å². The molecule has 1 aromatic carbocycles. The predicted molar refractivity (Wildman–Crippen MR) is 99.7 cm³/mol. The van der Waals surface area contributed by atoms with E-state index in [9.17, 15) is 0 Å². The third-order valence-electron chi connectivity index (χ3n) is 3.91. The number of alkyl halides is 2. The van der Waals surface area contributed by atoms with Crippen LogP contribution in [0.1, 0.15) is 23.9 Å². The lowest BCUT2D eigenvalue weighted by atomic mass is 9.80. The van der Waals surface area contributed by atoms with Gasteiger partial charge in [-0.2, -0.15) is 5.10 Å². The minimum atomic E-state index is 0.0165. The van der Waals surface area contributed by atoms with E-state index in [1.54, 1.807) is 0 Å². The van der Waals surface area contributed by atoms with Gasteiger partial charge in [0.1, 0.15) is 0 Å². The van der Waals surface area contributed by atoms with Crippen LogP contribution in [0.4, 0.5) is 0 Å². The first-order chi connectivity index (χ1) is 10.1. The fraction of sp³-hybridized carbons (Fsp3) is 0.438. The van der Waals surface area contributed by atoms with Crippen molar-refractivity contribution < 1.29 is 0 Å². The Labute approximate surface area is 151 Å². The molecular formula is C16H19Br3N2. The van der Waals surface area contributed by atoms with E-state index >= 15 is 0 Å². The molecule has 0 saturated heterocycles. The van der Waals surface area contributed by atoms with Crippen molar-refractivity contribution in [3.63, 3.8) is 0 Å². The van der Waals surface area contributed by atoms with Crippen LogP contribution in [0.25, 0.3) is 0 Å². The van der Waals surface area contributed by atoms with Gasteiger partial charge in [0.2, 0.25) is 0 Å². The van der Waals surface area contributed by atoms with Gasteiger partial charge in [-0.3, -0.25) is 4.68 Å². The van der Waals surface area contributed by atoms with Crippen LogP contribution < -0.4 is 0 Å². The molecule has 5 heteroatoms. The number of aromatic nitrogens is 2. The van der Waals surface area contributed by atoms with Crippen LogP contribution >= 0.6 is 47.8 Å². The average Bonchev–Trinajstić information content (AvgIpc) is 2.80. The van der Waals surface area contributed by atoms with E-state index in [1.807, 2.05) is 11.7 Å². The maximum Gasteiger partial charge on any atom is 0.0766 e. The van der Waals surface area contributed by atoms with Gasteiger partial charge >= 0.3 is 0 Å². The number of halogens is 3. The van der Waals surface area contributed by atoms with E-state index in [4.69, 9.17) is 0 Å². The number of rotatable bonds is 6. The molecule has 114 valence electrons. The van der Waals surface area contributed by atoms with Crippen LogP contribution in [0.2, 0.25) is 0 Å². The second-order valence-electron chi connectivity index (χ2n) is 5.27. The molecule has 2 nitrogen and oxygen atoms in total. The van der Waals surface area contributed by atoms with Crippen LogP contribution in [0.5, 0.6) is 0 Å². The minimum Gasteiger partial charge on any atom is -0.271 e. The summed E-state index contributed by atoms with van der Waals surface area (Å²) >= 11 is 11.2. The molecular weight excluding hydrogens is 460 g/mol. The highest BCUT2D eigenvalue weighted by Crippen LogP contribution is 2.35. The molecule has 21 heavy (non-hydrogen) atoms. The van der Waals surface area contributed by atoms with E-state index in [1.165, 1.54) is 11.3 Å². The lowest BCUT2D eigenvalue weighted by Crippen LogP contribution is -2.33. The van der Waals surface area contributed by atoms with Crippen molar-refractivity contribution in [1.29, 1.82) is 0 Å². The first-order valence-electron chi connectivity index (χ1n) is 6.95. The number of benzene rings is 1. The van der Waals surface area contributed by atoms with Gasteiger partial charge < -0.3 is 0 Å². The van der Waals surface area contributed by atoms with E-state index < -0.39 is 0 Å². The smallest absolute Gasteiger partial charge is 0.0766 e. The molecule has 0 atom stereocenters. The van der Waals surface area contributed by atoms with E-state index in [2.05, 4.69) is 90.1 Å². The zero-order valence-corrected chi connectivity index (χ0v) is 17.0. The average molecular weight is 479 g/mol. The number of nitrogens with zero attached hydrogens (tertiary/aromatic N) is 2. The molecule has 1 aromatic heterocycles. The Kier molecular flexibility index (Phi) is 6.09. The van der Waals surface area contributed by atoms with E-state index in [0.29, 0.717) is 0 Å². The molecule has 0 saturated carbocycles. The quantitative estimate of drug-likeness (QED) is 0.533. The summed E-state index contributed by atoms with van der Waals surface area (Å²) in [5.41, 5.74) is 3.72. The van der Waals surface area contributed by atoms with Crippen LogP contribution in [-0.4, -0.2) is 20.4 Å². The molecule has 0 amide bonds. The van der Waals surface area contributed by atoms with Gasteiger partial charge in [0.15, 0.2) is 0 Å². The molecule has 1 heterocycles. The summed E-state index contributed by atoms with van der Waals surface area (Å²) in [7, 11) is 2.03. The molecule has 0 aliphatic rings. The largest absolute Gasteiger partial charge is 0.271 e. The van der Waals surface area contributed by atoms with Crippen molar-refractivity contribution >= 4 is 47.8 Å². The molecule has 0 spiro atoms. The van der Waals surface area contributed by atoms with Crippen molar-refractivity contribution in [2.75, 3.05) is 10.7 Å². The molecule has 0 fully saturated rings. The molecule has 0 radical (unpaired) electrons. The van der Waals surface area contributed by atoms with Gasteiger partial charge in [-0.25, -0.2) is 0 Å². The molecule has 0 N–H and O–H groups in total. The highest BCUT2D eigenvalue weighted by molar-refractivity contribution is 9.10. The Morgan fingerprint density at radius 2 is 1.76 bits per heavy atom. The van der Waals surface area contributed by atoms with Gasteiger partial charge in [-0.15, -0.1) is 0 Å². The Morgan fingerprint density at radius 1 is 1.14 bits per heavy atom. The maximum absolute atomic E-state index is 4.61. The molecule has 0 unspecified atom stereocenters.